The average molecular weight is 327 g/mol. The van der Waals surface area contributed by atoms with Crippen molar-refractivity contribution in [2.75, 3.05) is 39.3 Å². The summed E-state index contributed by atoms with van der Waals surface area (Å²) < 4.78 is 0. The minimum atomic E-state index is 0.194. The Bertz CT molecular complexity index is 564. The van der Waals surface area contributed by atoms with E-state index in [1.54, 1.807) is 0 Å². The van der Waals surface area contributed by atoms with Crippen molar-refractivity contribution in [1.29, 1.82) is 0 Å². The number of hydrogen-bond acceptors (Lipinski definition) is 3. The van der Waals surface area contributed by atoms with E-state index in [-0.39, 0.29) is 11.3 Å². The lowest BCUT2D eigenvalue weighted by Gasteiger charge is -2.23. The summed E-state index contributed by atoms with van der Waals surface area (Å²) in [7, 11) is 0. The molecule has 1 aliphatic carbocycles. The van der Waals surface area contributed by atoms with E-state index >= 15 is 0 Å². The maximum atomic E-state index is 12.4. The van der Waals surface area contributed by atoms with Crippen molar-refractivity contribution >= 4 is 5.91 Å². The molecule has 1 saturated carbocycles. The lowest BCUT2D eigenvalue weighted by atomic mass is 9.96. The lowest BCUT2D eigenvalue weighted by molar-refractivity contribution is -0.122. The Morgan fingerprint density at radius 3 is 2.58 bits per heavy atom. The number of nitrogens with one attached hydrogen (secondary N) is 1. The number of likely N-dealkylation sites (tertiary alicyclic amines) is 2. The van der Waals surface area contributed by atoms with Gasteiger partial charge in [0.25, 0.3) is 0 Å². The molecule has 1 aromatic carbocycles. The van der Waals surface area contributed by atoms with Crippen molar-refractivity contribution < 1.29 is 4.79 Å². The van der Waals surface area contributed by atoms with Crippen molar-refractivity contribution in [2.24, 2.45) is 0 Å². The van der Waals surface area contributed by atoms with Gasteiger partial charge in [0.05, 0.1) is 6.54 Å². The van der Waals surface area contributed by atoms with Crippen LogP contribution >= 0.6 is 0 Å². The van der Waals surface area contributed by atoms with Crippen molar-refractivity contribution in [3.05, 3.63) is 35.9 Å². The number of nitrogens with zero attached hydrogens (tertiary/aromatic N) is 2. The van der Waals surface area contributed by atoms with Gasteiger partial charge in [0.2, 0.25) is 5.91 Å². The highest BCUT2D eigenvalue weighted by Gasteiger charge is 2.44. The van der Waals surface area contributed by atoms with E-state index < -0.39 is 0 Å². The molecule has 1 amide bonds. The largest absolute Gasteiger partial charge is 0.354 e. The molecule has 24 heavy (non-hydrogen) atoms. The van der Waals surface area contributed by atoms with Gasteiger partial charge in [-0.15, -0.1) is 0 Å². The first kappa shape index (κ1) is 16.1. The summed E-state index contributed by atoms with van der Waals surface area (Å²) in [6.45, 7) is 6.00. The number of amides is 1. The second kappa shape index (κ2) is 6.85. The van der Waals surface area contributed by atoms with E-state index in [1.807, 2.05) is 0 Å². The van der Waals surface area contributed by atoms with Gasteiger partial charge in [-0.05, 0) is 50.8 Å². The summed E-state index contributed by atoms with van der Waals surface area (Å²) in [5.74, 6) is 0.194. The Kier molecular flexibility index (Phi) is 4.59. The van der Waals surface area contributed by atoms with Gasteiger partial charge in [-0.3, -0.25) is 14.6 Å². The van der Waals surface area contributed by atoms with Crippen LogP contribution in [0.15, 0.2) is 30.3 Å². The fraction of sp³-hybridized carbons (Fsp3) is 0.650. The summed E-state index contributed by atoms with van der Waals surface area (Å²) in [6.07, 6.45) is 6.30. The van der Waals surface area contributed by atoms with Crippen LogP contribution in [0.3, 0.4) is 0 Å². The van der Waals surface area contributed by atoms with Crippen LogP contribution in [0.2, 0.25) is 0 Å². The Balaban J connectivity index is 1.23. The number of rotatable bonds is 6. The van der Waals surface area contributed by atoms with E-state index in [2.05, 4.69) is 45.4 Å². The summed E-state index contributed by atoms with van der Waals surface area (Å²) in [4.78, 5) is 17.3. The number of hydrogen-bond donors (Lipinski definition) is 1. The van der Waals surface area contributed by atoms with Gasteiger partial charge < -0.3 is 5.32 Å². The monoisotopic (exact) mass is 327 g/mol. The van der Waals surface area contributed by atoms with Gasteiger partial charge in [-0.25, -0.2) is 0 Å². The minimum Gasteiger partial charge on any atom is -0.354 e. The molecule has 3 aliphatic rings. The normalized spacial score (nSPS) is 26.6. The zero-order valence-corrected chi connectivity index (χ0v) is 14.5. The van der Waals surface area contributed by atoms with Crippen LogP contribution in [0, 0.1) is 0 Å². The Labute approximate surface area is 145 Å². The molecule has 3 fully saturated rings. The highest BCUT2D eigenvalue weighted by atomic mass is 16.2. The zero-order chi connectivity index (χ0) is 16.4. The second-order valence-electron chi connectivity index (χ2n) is 7.84. The van der Waals surface area contributed by atoms with E-state index in [4.69, 9.17) is 0 Å². The molecule has 2 heterocycles. The predicted octanol–water partition coefficient (Wildman–Crippen LogP) is 2.00. The van der Waals surface area contributed by atoms with Gasteiger partial charge >= 0.3 is 0 Å². The third kappa shape index (κ3) is 3.50. The third-order valence-electron chi connectivity index (χ3n) is 6.14. The maximum Gasteiger partial charge on any atom is 0.234 e. The van der Waals surface area contributed by atoms with Crippen LogP contribution in [0.5, 0.6) is 0 Å². The van der Waals surface area contributed by atoms with Gasteiger partial charge in [-0.2, -0.15) is 0 Å². The molecule has 0 radical (unpaired) electrons. The molecule has 1 unspecified atom stereocenters. The molecule has 4 rings (SSSR count). The standard InChI is InChI=1S/C20H29N3O/c24-19(15-22-13-8-18(14-22)23-11-4-5-12-23)21-16-20(9-10-20)17-6-2-1-3-7-17/h1-3,6-7,18H,4-5,8-16H2,(H,21,24). The highest BCUT2D eigenvalue weighted by molar-refractivity contribution is 5.78. The van der Waals surface area contributed by atoms with Crippen LogP contribution in [0.1, 0.15) is 37.7 Å². The smallest absolute Gasteiger partial charge is 0.234 e. The predicted molar refractivity (Wildman–Crippen MR) is 96.0 cm³/mol. The molecular formula is C20H29N3O. The minimum absolute atomic E-state index is 0.194. The molecule has 2 aliphatic heterocycles. The zero-order valence-electron chi connectivity index (χ0n) is 14.5. The summed E-state index contributed by atoms with van der Waals surface area (Å²) >= 11 is 0. The highest BCUT2D eigenvalue weighted by Crippen LogP contribution is 2.47. The van der Waals surface area contributed by atoms with E-state index in [0.717, 1.165) is 19.6 Å². The lowest BCUT2D eigenvalue weighted by Crippen LogP contribution is -2.41. The molecular weight excluding hydrogens is 298 g/mol. The fourth-order valence-electron chi connectivity index (χ4n) is 4.40. The SMILES string of the molecule is O=C(CN1CCC(N2CCCC2)C1)NCC1(c2ccccc2)CC1. The van der Waals surface area contributed by atoms with Gasteiger partial charge in [0, 0.05) is 31.1 Å². The molecule has 1 N–H and O–H groups in total. The molecule has 0 spiro atoms. The van der Waals surface area contributed by atoms with E-state index in [9.17, 15) is 4.79 Å². The second-order valence-corrected chi connectivity index (χ2v) is 7.84. The van der Waals surface area contributed by atoms with E-state index in [1.165, 1.54) is 50.8 Å². The number of carbonyl (C=O) groups excluding carboxylic acids is 1. The molecule has 0 bridgehead atoms. The van der Waals surface area contributed by atoms with Crippen molar-refractivity contribution in [3.63, 3.8) is 0 Å². The summed E-state index contributed by atoms with van der Waals surface area (Å²) in [5, 5.41) is 3.20. The topological polar surface area (TPSA) is 35.6 Å². The fourth-order valence-corrected chi connectivity index (χ4v) is 4.40. The maximum absolute atomic E-state index is 12.4. The van der Waals surface area contributed by atoms with Crippen molar-refractivity contribution in [3.8, 4) is 0 Å². The van der Waals surface area contributed by atoms with Gasteiger partial charge in [0.1, 0.15) is 0 Å². The molecule has 1 atom stereocenters. The quantitative estimate of drug-likeness (QED) is 0.868. The molecule has 4 nitrogen and oxygen atoms in total. The molecule has 4 heteroatoms. The first-order valence-electron chi connectivity index (χ1n) is 9.54. The molecule has 1 aromatic rings. The summed E-state index contributed by atoms with van der Waals surface area (Å²) in [6, 6.07) is 11.3. The van der Waals surface area contributed by atoms with Crippen LogP contribution in [0.25, 0.3) is 0 Å². The van der Waals surface area contributed by atoms with Crippen LogP contribution in [-0.4, -0.2) is 61.0 Å². The number of carbonyl (C=O) groups is 1. The number of benzene rings is 1. The molecule has 2 saturated heterocycles. The molecule has 0 aromatic heterocycles. The average Bonchev–Trinajstić information content (AvgIpc) is 3.00. The van der Waals surface area contributed by atoms with Crippen LogP contribution in [0.4, 0.5) is 0 Å². The molecule has 130 valence electrons. The first-order valence-corrected chi connectivity index (χ1v) is 9.54. The Morgan fingerprint density at radius 1 is 1.12 bits per heavy atom. The third-order valence-corrected chi connectivity index (χ3v) is 6.14. The van der Waals surface area contributed by atoms with Crippen molar-refractivity contribution in [1.82, 2.24) is 15.1 Å². The van der Waals surface area contributed by atoms with Gasteiger partial charge in [-0.1, -0.05) is 30.3 Å². The summed E-state index contributed by atoms with van der Waals surface area (Å²) in [5.41, 5.74) is 1.58. The van der Waals surface area contributed by atoms with Crippen LogP contribution < -0.4 is 5.32 Å². The first-order chi connectivity index (χ1) is 11.8. The van der Waals surface area contributed by atoms with Crippen LogP contribution in [-0.2, 0) is 10.2 Å². The Morgan fingerprint density at radius 2 is 1.88 bits per heavy atom. The van der Waals surface area contributed by atoms with Gasteiger partial charge in [0.15, 0.2) is 0 Å². The van der Waals surface area contributed by atoms with E-state index in [0.29, 0.717) is 12.6 Å². The Hall–Kier alpha value is -1.39. The van der Waals surface area contributed by atoms with Crippen molar-refractivity contribution in [2.45, 2.75) is 43.6 Å².